The molecule has 2 nitrogen and oxygen atoms in total. The zero-order chi connectivity index (χ0) is 5.82. The van der Waals surface area contributed by atoms with Crippen molar-refractivity contribution in [3.63, 3.8) is 0 Å². The molecule has 1 aliphatic rings. The Morgan fingerprint density at radius 2 is 2.62 bits per heavy atom. The highest BCUT2D eigenvalue weighted by atomic mass is 14.9. The van der Waals surface area contributed by atoms with Crippen LogP contribution in [-0.2, 0) is 0 Å². The van der Waals surface area contributed by atoms with E-state index in [0.717, 1.165) is 12.5 Å². The third-order valence-corrected chi connectivity index (χ3v) is 1.60. The Balaban J connectivity index is 2.06. The summed E-state index contributed by atoms with van der Waals surface area (Å²) in [5.41, 5.74) is 0. The van der Waals surface area contributed by atoms with Gasteiger partial charge in [-0.2, -0.15) is 7.05 Å². The van der Waals surface area contributed by atoms with Crippen molar-refractivity contribution in [2.24, 2.45) is 5.92 Å². The summed E-state index contributed by atoms with van der Waals surface area (Å²) >= 11 is 0. The van der Waals surface area contributed by atoms with Crippen LogP contribution in [0.2, 0.25) is 0 Å². The van der Waals surface area contributed by atoms with E-state index in [0.29, 0.717) is 0 Å². The summed E-state index contributed by atoms with van der Waals surface area (Å²) in [6.45, 7) is 3.42. The van der Waals surface area contributed by atoms with Crippen molar-refractivity contribution in [3.05, 3.63) is 5.32 Å². The third-order valence-electron chi connectivity index (χ3n) is 1.60. The first kappa shape index (κ1) is 6.05. The van der Waals surface area contributed by atoms with Gasteiger partial charge in [-0.25, -0.2) is 0 Å². The van der Waals surface area contributed by atoms with E-state index in [4.69, 9.17) is 0 Å². The van der Waals surface area contributed by atoms with Gasteiger partial charge in [-0.1, -0.05) is 0 Å². The summed E-state index contributed by atoms with van der Waals surface area (Å²) in [6, 6.07) is 0. The van der Waals surface area contributed by atoms with Crippen LogP contribution in [0.4, 0.5) is 0 Å². The van der Waals surface area contributed by atoms with Gasteiger partial charge in [0, 0.05) is 0 Å². The van der Waals surface area contributed by atoms with Gasteiger partial charge in [-0.15, -0.1) is 6.54 Å². The van der Waals surface area contributed by atoms with Gasteiger partial charge < -0.3 is 10.6 Å². The Morgan fingerprint density at radius 1 is 1.75 bits per heavy atom. The highest BCUT2D eigenvalue weighted by Crippen LogP contribution is 2.07. The molecule has 1 N–H and O–H groups in total. The fraction of sp³-hybridized carbons (Fsp3) is 1.00. The summed E-state index contributed by atoms with van der Waals surface area (Å²) in [5, 5.41) is 7.37. The van der Waals surface area contributed by atoms with Crippen LogP contribution in [0.1, 0.15) is 6.42 Å². The molecule has 1 atom stereocenters. The first-order chi connectivity index (χ1) is 3.93. The minimum atomic E-state index is 0.833. The Morgan fingerprint density at radius 3 is 3.12 bits per heavy atom. The molecular formula is C6H13N2-. The van der Waals surface area contributed by atoms with E-state index in [-0.39, 0.29) is 0 Å². The van der Waals surface area contributed by atoms with Crippen LogP contribution in [0.5, 0.6) is 0 Å². The lowest BCUT2D eigenvalue weighted by Crippen LogP contribution is -2.10. The second kappa shape index (κ2) is 3.05. The van der Waals surface area contributed by atoms with Crippen molar-refractivity contribution < 1.29 is 0 Å². The predicted octanol–water partition coefficient (Wildman–Crippen LogP) is 0.599. The molecule has 0 saturated carbocycles. The predicted molar refractivity (Wildman–Crippen MR) is 35.1 cm³/mol. The minimum Gasteiger partial charge on any atom is -0.665 e. The van der Waals surface area contributed by atoms with E-state index >= 15 is 0 Å². The van der Waals surface area contributed by atoms with Crippen molar-refractivity contribution in [2.45, 2.75) is 6.42 Å². The largest absolute Gasteiger partial charge is 0.665 e. The molecule has 0 aliphatic carbocycles. The average Bonchev–Trinajstić information content (AvgIpc) is 2.19. The maximum atomic E-state index is 4.08. The molecule has 0 aromatic heterocycles. The SMILES string of the molecule is C[N-]CC1CCNC1. The molecule has 8 heavy (non-hydrogen) atoms. The maximum absolute atomic E-state index is 4.08. The van der Waals surface area contributed by atoms with E-state index in [1.165, 1.54) is 19.5 Å². The molecule has 0 radical (unpaired) electrons. The maximum Gasteiger partial charge on any atom is -0.00365 e. The van der Waals surface area contributed by atoms with Crippen LogP contribution in [0, 0.1) is 5.92 Å². The van der Waals surface area contributed by atoms with Gasteiger partial charge in [0.15, 0.2) is 0 Å². The van der Waals surface area contributed by atoms with Gasteiger partial charge in [0.25, 0.3) is 0 Å². The standard InChI is InChI=1S/C6H13N2/c1-7-4-6-2-3-8-5-6/h6,8H,2-5H2,1H3/q-1. The van der Waals surface area contributed by atoms with Gasteiger partial charge in [-0.3, -0.25) is 0 Å². The summed E-state index contributed by atoms with van der Waals surface area (Å²) in [7, 11) is 1.89. The molecule has 0 aromatic carbocycles. The first-order valence-electron chi connectivity index (χ1n) is 3.20. The second-order valence-corrected chi connectivity index (χ2v) is 2.36. The van der Waals surface area contributed by atoms with E-state index < -0.39 is 0 Å². The molecular weight excluding hydrogens is 100 g/mol. The molecule has 1 heterocycles. The molecule has 0 amide bonds. The van der Waals surface area contributed by atoms with Gasteiger partial charge in [-0.05, 0) is 25.4 Å². The van der Waals surface area contributed by atoms with E-state index in [9.17, 15) is 0 Å². The van der Waals surface area contributed by atoms with Gasteiger partial charge in [0.1, 0.15) is 0 Å². The summed E-state index contributed by atoms with van der Waals surface area (Å²) < 4.78 is 0. The highest BCUT2D eigenvalue weighted by molar-refractivity contribution is 4.82. The lowest BCUT2D eigenvalue weighted by molar-refractivity contribution is 0.623. The molecule has 1 fully saturated rings. The molecule has 1 rings (SSSR count). The fourth-order valence-electron chi connectivity index (χ4n) is 1.13. The lowest BCUT2D eigenvalue weighted by Gasteiger charge is -2.16. The van der Waals surface area contributed by atoms with Gasteiger partial charge >= 0.3 is 0 Å². The molecule has 1 aliphatic heterocycles. The number of rotatable bonds is 2. The molecule has 0 bridgehead atoms. The third kappa shape index (κ3) is 1.46. The molecule has 48 valence electrons. The highest BCUT2D eigenvalue weighted by Gasteiger charge is 2.08. The van der Waals surface area contributed by atoms with Crippen LogP contribution < -0.4 is 5.32 Å². The van der Waals surface area contributed by atoms with Crippen molar-refractivity contribution in [1.29, 1.82) is 0 Å². The molecule has 1 unspecified atom stereocenters. The Labute approximate surface area is 50.7 Å². The van der Waals surface area contributed by atoms with Crippen LogP contribution in [0.3, 0.4) is 0 Å². The van der Waals surface area contributed by atoms with Crippen LogP contribution in [-0.4, -0.2) is 26.7 Å². The number of nitrogens with one attached hydrogen (secondary N) is 1. The first-order valence-corrected chi connectivity index (χ1v) is 3.20. The van der Waals surface area contributed by atoms with Gasteiger partial charge in [0.05, 0.1) is 0 Å². The van der Waals surface area contributed by atoms with Crippen molar-refractivity contribution in [3.8, 4) is 0 Å². The van der Waals surface area contributed by atoms with E-state index in [1.54, 1.807) is 0 Å². The Hall–Kier alpha value is -0.0800. The van der Waals surface area contributed by atoms with Crippen molar-refractivity contribution in [1.82, 2.24) is 5.32 Å². The quantitative estimate of drug-likeness (QED) is 0.557. The smallest absolute Gasteiger partial charge is 0.00365 e. The lowest BCUT2D eigenvalue weighted by atomic mass is 10.1. The zero-order valence-corrected chi connectivity index (χ0v) is 5.35. The van der Waals surface area contributed by atoms with Crippen molar-refractivity contribution in [2.75, 3.05) is 26.7 Å². The summed E-state index contributed by atoms with van der Waals surface area (Å²) in [6.07, 6.45) is 1.32. The number of hydrogen-bond donors (Lipinski definition) is 1. The van der Waals surface area contributed by atoms with E-state index in [1.807, 2.05) is 7.05 Å². The normalized spacial score (nSPS) is 28.9. The van der Waals surface area contributed by atoms with Crippen LogP contribution in [0.25, 0.3) is 5.32 Å². The monoisotopic (exact) mass is 113 g/mol. The molecule has 0 aromatic rings. The van der Waals surface area contributed by atoms with Crippen LogP contribution >= 0.6 is 0 Å². The average molecular weight is 113 g/mol. The van der Waals surface area contributed by atoms with Crippen molar-refractivity contribution >= 4 is 0 Å². The number of hydrogen-bond acceptors (Lipinski definition) is 1. The second-order valence-electron chi connectivity index (χ2n) is 2.36. The Kier molecular flexibility index (Phi) is 2.30. The Bertz CT molecular complexity index is 57.5. The fourth-order valence-corrected chi connectivity index (χ4v) is 1.13. The summed E-state index contributed by atoms with van der Waals surface area (Å²) in [5.74, 6) is 0.833. The summed E-state index contributed by atoms with van der Waals surface area (Å²) in [4.78, 5) is 0. The van der Waals surface area contributed by atoms with Crippen LogP contribution in [0.15, 0.2) is 0 Å². The minimum absolute atomic E-state index is 0.833. The van der Waals surface area contributed by atoms with Gasteiger partial charge in [0.2, 0.25) is 0 Å². The van der Waals surface area contributed by atoms with E-state index in [2.05, 4.69) is 10.6 Å². The molecule has 0 spiro atoms. The molecule has 2 heteroatoms. The number of nitrogens with zero attached hydrogens (tertiary/aromatic N) is 1. The zero-order valence-electron chi connectivity index (χ0n) is 5.35. The topological polar surface area (TPSA) is 26.1 Å². The molecule has 1 saturated heterocycles.